The van der Waals surface area contributed by atoms with Gasteiger partial charge < -0.3 is 34.3 Å². The molecule has 0 aliphatic carbocycles. The Kier molecular flexibility index (Phi) is 4.64. The van der Waals surface area contributed by atoms with Gasteiger partial charge in [-0.2, -0.15) is 0 Å². The van der Waals surface area contributed by atoms with Gasteiger partial charge in [-0.05, 0) is 45.4 Å². The lowest BCUT2D eigenvalue weighted by atomic mass is 9.65. The number of aliphatic hydroxyl groups is 4. The van der Waals surface area contributed by atoms with Crippen molar-refractivity contribution < 1.29 is 34.3 Å². The summed E-state index contributed by atoms with van der Waals surface area (Å²) in [6.07, 6.45) is -1.23. The zero-order valence-corrected chi connectivity index (χ0v) is 16.5. The molecule has 1 aromatic carbocycles. The smallest absolute Gasteiger partial charge is 0.336 e. The molecule has 0 bridgehead atoms. The highest BCUT2D eigenvalue weighted by Gasteiger charge is 2.71. The minimum absolute atomic E-state index is 0.207. The predicted molar refractivity (Wildman–Crippen MR) is 100 cm³/mol. The van der Waals surface area contributed by atoms with Crippen LogP contribution in [0.2, 0.25) is 0 Å². The van der Waals surface area contributed by atoms with Crippen molar-refractivity contribution in [3.05, 3.63) is 40.2 Å². The monoisotopic (exact) mass is 394 g/mol. The van der Waals surface area contributed by atoms with Crippen LogP contribution in [0.5, 0.6) is 5.75 Å². The van der Waals surface area contributed by atoms with E-state index in [2.05, 4.69) is 0 Å². The van der Waals surface area contributed by atoms with Crippen LogP contribution in [0, 0.1) is 6.92 Å². The maximum Gasteiger partial charge on any atom is 0.336 e. The molecule has 1 saturated heterocycles. The molecule has 0 amide bonds. The average Bonchev–Trinajstić information content (AvgIpc) is 2.57. The van der Waals surface area contributed by atoms with Crippen LogP contribution in [-0.4, -0.2) is 55.7 Å². The van der Waals surface area contributed by atoms with E-state index < -0.39 is 40.9 Å². The van der Waals surface area contributed by atoms with E-state index in [0.29, 0.717) is 5.58 Å². The summed E-state index contributed by atoms with van der Waals surface area (Å²) >= 11 is 0. The summed E-state index contributed by atoms with van der Waals surface area (Å²) in [7, 11) is 0. The molecule has 1 fully saturated rings. The zero-order chi connectivity index (χ0) is 21.1. The van der Waals surface area contributed by atoms with Crippen LogP contribution in [0.4, 0.5) is 0 Å². The van der Waals surface area contributed by atoms with E-state index in [1.807, 2.05) is 0 Å². The van der Waals surface area contributed by atoms with Gasteiger partial charge in [-0.25, -0.2) is 4.79 Å². The number of ether oxygens (including phenoxy) is 2. The topological polar surface area (TPSA) is 130 Å². The van der Waals surface area contributed by atoms with Gasteiger partial charge in [-0.1, -0.05) is 0 Å². The van der Waals surface area contributed by atoms with E-state index >= 15 is 0 Å². The lowest BCUT2D eigenvalue weighted by Crippen LogP contribution is -2.82. The Morgan fingerprint density at radius 2 is 1.71 bits per heavy atom. The molecule has 154 valence electrons. The molecule has 0 saturated carbocycles. The summed E-state index contributed by atoms with van der Waals surface area (Å²) < 4.78 is 16.8. The van der Waals surface area contributed by atoms with Gasteiger partial charge in [0.25, 0.3) is 0 Å². The Bertz CT molecular complexity index is 958. The minimum atomic E-state index is -2.10. The third-order valence-corrected chi connectivity index (χ3v) is 6.21. The molecule has 8 heteroatoms. The van der Waals surface area contributed by atoms with Gasteiger partial charge in [0.1, 0.15) is 28.6 Å². The second-order valence-corrected chi connectivity index (χ2v) is 8.04. The second-order valence-electron chi connectivity index (χ2n) is 8.04. The van der Waals surface area contributed by atoms with Crippen LogP contribution in [-0.2, 0) is 4.74 Å². The number of fused-ring (bicyclic) bond motifs is 1. The van der Waals surface area contributed by atoms with Crippen LogP contribution in [0.15, 0.2) is 33.5 Å². The van der Waals surface area contributed by atoms with Crippen molar-refractivity contribution >= 4 is 11.0 Å². The van der Waals surface area contributed by atoms with Gasteiger partial charge in [0.2, 0.25) is 5.79 Å². The Hall–Kier alpha value is -1.97. The molecule has 1 aliphatic rings. The van der Waals surface area contributed by atoms with Gasteiger partial charge in [0.05, 0.1) is 6.61 Å². The van der Waals surface area contributed by atoms with Gasteiger partial charge in [-0.15, -0.1) is 0 Å². The molecule has 4 N–H and O–H groups in total. The van der Waals surface area contributed by atoms with Crippen molar-refractivity contribution in [2.75, 3.05) is 6.61 Å². The van der Waals surface area contributed by atoms with Crippen LogP contribution in [0.25, 0.3) is 11.0 Å². The summed E-state index contributed by atoms with van der Waals surface area (Å²) in [5.41, 5.74) is -5.61. The van der Waals surface area contributed by atoms with E-state index in [4.69, 9.17) is 13.9 Å². The maximum atomic E-state index is 11.6. The molecule has 2 heterocycles. The molecule has 3 rings (SSSR count). The first-order chi connectivity index (χ1) is 12.8. The van der Waals surface area contributed by atoms with E-state index in [0.717, 1.165) is 10.9 Å². The third-order valence-electron chi connectivity index (χ3n) is 6.21. The third kappa shape index (κ3) is 2.75. The Morgan fingerprint density at radius 3 is 2.32 bits per heavy atom. The van der Waals surface area contributed by atoms with Crippen molar-refractivity contribution in [2.24, 2.45) is 0 Å². The van der Waals surface area contributed by atoms with Gasteiger partial charge in [0, 0.05) is 24.4 Å². The van der Waals surface area contributed by atoms with Gasteiger partial charge >= 0.3 is 5.63 Å². The normalized spacial score (nSPS) is 38.5. The number of hydrogen-bond donors (Lipinski definition) is 4. The summed E-state index contributed by atoms with van der Waals surface area (Å²) in [5.74, 6) is -1.64. The van der Waals surface area contributed by atoms with Crippen molar-refractivity contribution in [3.63, 3.8) is 0 Å². The molecule has 0 unspecified atom stereocenters. The van der Waals surface area contributed by atoms with E-state index in [-0.39, 0.29) is 5.75 Å². The number of rotatable bonds is 3. The fourth-order valence-electron chi connectivity index (χ4n) is 3.68. The largest absolute Gasteiger partial charge is 0.459 e. The number of aryl methyl sites for hydroxylation is 1. The highest BCUT2D eigenvalue weighted by atomic mass is 16.7. The van der Waals surface area contributed by atoms with Crippen LogP contribution in [0.1, 0.15) is 33.3 Å². The molecule has 2 aromatic rings. The van der Waals surface area contributed by atoms with Gasteiger partial charge in [-0.3, -0.25) is 0 Å². The summed E-state index contributed by atoms with van der Waals surface area (Å²) in [6, 6.07) is 6.16. The Labute approximate surface area is 161 Å². The van der Waals surface area contributed by atoms with Crippen LogP contribution >= 0.6 is 0 Å². The van der Waals surface area contributed by atoms with Crippen molar-refractivity contribution in [2.45, 2.75) is 63.3 Å². The summed E-state index contributed by atoms with van der Waals surface area (Å²) in [5, 5.41) is 43.1. The molecule has 0 radical (unpaired) electrons. The molecular formula is C20H26O8. The molecule has 1 aromatic heterocycles. The Balaban J connectivity index is 2.07. The van der Waals surface area contributed by atoms with E-state index in [1.54, 1.807) is 19.1 Å². The SMILES string of the molecule is Cc1cc(=O)oc2cc(O[C@]3(C)O[C@@H](CO)[C@](C)(O)[C@](C)(O)[C@]3(C)O)ccc12. The molecule has 28 heavy (non-hydrogen) atoms. The zero-order valence-electron chi connectivity index (χ0n) is 16.5. The number of hydrogen-bond acceptors (Lipinski definition) is 8. The van der Waals surface area contributed by atoms with E-state index in [9.17, 15) is 25.2 Å². The summed E-state index contributed by atoms with van der Waals surface area (Å²) in [4.78, 5) is 11.6. The highest BCUT2D eigenvalue weighted by Crippen LogP contribution is 2.49. The molecular weight excluding hydrogens is 368 g/mol. The maximum absolute atomic E-state index is 11.6. The number of aliphatic hydroxyl groups excluding tert-OH is 1. The van der Waals surface area contributed by atoms with Crippen molar-refractivity contribution in [3.8, 4) is 5.75 Å². The van der Waals surface area contributed by atoms with E-state index in [1.165, 1.54) is 39.8 Å². The minimum Gasteiger partial charge on any atom is -0.459 e. The van der Waals surface area contributed by atoms with Gasteiger partial charge in [0.15, 0.2) is 5.60 Å². The molecule has 5 atom stereocenters. The average molecular weight is 394 g/mol. The van der Waals surface area contributed by atoms with Crippen molar-refractivity contribution in [1.82, 2.24) is 0 Å². The van der Waals surface area contributed by atoms with Crippen molar-refractivity contribution in [1.29, 1.82) is 0 Å². The molecule has 1 aliphatic heterocycles. The van der Waals surface area contributed by atoms with Crippen LogP contribution in [0.3, 0.4) is 0 Å². The number of benzene rings is 1. The fourth-order valence-corrected chi connectivity index (χ4v) is 3.68. The molecule has 8 nitrogen and oxygen atoms in total. The van der Waals surface area contributed by atoms with Crippen LogP contribution < -0.4 is 10.4 Å². The fraction of sp³-hybridized carbons (Fsp3) is 0.550. The lowest BCUT2D eigenvalue weighted by molar-refractivity contribution is -0.415. The standard InChI is InChI=1S/C20H26O8/c1-11-8-16(22)26-14-9-12(6-7-13(11)14)27-20(5)19(4,25)18(3,24)17(2,23)15(10-21)28-20/h6-9,15,21,23-25H,10H2,1-5H3/t15-,17-,18-,19-,20+/m0/s1. The highest BCUT2D eigenvalue weighted by molar-refractivity contribution is 5.81. The first kappa shape index (κ1) is 20.8. The predicted octanol–water partition coefficient (Wildman–Crippen LogP) is 0.841. The quantitative estimate of drug-likeness (QED) is 0.564. The Morgan fingerprint density at radius 1 is 1.07 bits per heavy atom. The second kappa shape index (κ2) is 6.27. The molecule has 0 spiro atoms. The summed E-state index contributed by atoms with van der Waals surface area (Å²) in [6.45, 7) is 6.37. The first-order valence-corrected chi connectivity index (χ1v) is 8.96. The lowest BCUT2D eigenvalue weighted by Gasteiger charge is -2.61. The first-order valence-electron chi connectivity index (χ1n) is 8.96.